The summed E-state index contributed by atoms with van der Waals surface area (Å²) in [6, 6.07) is 11.6. The summed E-state index contributed by atoms with van der Waals surface area (Å²) in [6.07, 6.45) is 7.97. The van der Waals surface area contributed by atoms with E-state index in [0.29, 0.717) is 22.7 Å². The molecule has 9 nitrogen and oxygen atoms in total. The first-order chi connectivity index (χ1) is 17.0. The van der Waals surface area contributed by atoms with Gasteiger partial charge in [0.2, 0.25) is 5.91 Å². The molecule has 0 saturated heterocycles. The first-order valence-electron chi connectivity index (χ1n) is 11.7. The van der Waals surface area contributed by atoms with Crippen molar-refractivity contribution in [3.05, 3.63) is 78.8 Å². The smallest absolute Gasteiger partial charge is 0.227 e. The Hall–Kier alpha value is -4.27. The van der Waals surface area contributed by atoms with Crippen molar-refractivity contribution in [3.63, 3.8) is 0 Å². The molecule has 3 heterocycles. The van der Waals surface area contributed by atoms with Gasteiger partial charge in [-0.2, -0.15) is 5.10 Å². The molecule has 1 aromatic carbocycles. The summed E-state index contributed by atoms with van der Waals surface area (Å²) < 4.78 is 1.78. The van der Waals surface area contributed by atoms with Crippen molar-refractivity contribution in [2.24, 2.45) is 5.92 Å². The van der Waals surface area contributed by atoms with Crippen LogP contribution >= 0.6 is 0 Å². The van der Waals surface area contributed by atoms with Gasteiger partial charge in [-0.15, -0.1) is 0 Å². The molecule has 35 heavy (non-hydrogen) atoms. The number of pyridine rings is 1. The molecule has 0 aliphatic heterocycles. The zero-order valence-corrected chi connectivity index (χ0v) is 19.6. The van der Waals surface area contributed by atoms with Gasteiger partial charge in [-0.3, -0.25) is 9.78 Å². The van der Waals surface area contributed by atoms with Gasteiger partial charge in [0.15, 0.2) is 5.82 Å². The Labute approximate surface area is 203 Å². The first-order valence-corrected chi connectivity index (χ1v) is 11.7. The van der Waals surface area contributed by atoms with E-state index in [1.54, 1.807) is 16.9 Å². The van der Waals surface area contributed by atoms with Gasteiger partial charge in [0.1, 0.15) is 23.4 Å². The molecule has 9 heteroatoms. The Morgan fingerprint density at radius 2 is 1.91 bits per heavy atom. The van der Waals surface area contributed by atoms with Gasteiger partial charge in [0.05, 0.1) is 17.6 Å². The number of aromatic nitrogens is 5. The SMILES string of the molecule is C=C(Nc1ccccc1C)c1nc(C2CCC(C(=O)Nc3cccnc3)CC2)n2ncnc(N)c12. The van der Waals surface area contributed by atoms with Crippen LogP contribution in [0.3, 0.4) is 0 Å². The molecule has 1 aliphatic rings. The maximum Gasteiger partial charge on any atom is 0.227 e. The third kappa shape index (κ3) is 4.57. The van der Waals surface area contributed by atoms with E-state index in [-0.39, 0.29) is 17.7 Å². The highest BCUT2D eigenvalue weighted by Gasteiger charge is 2.31. The van der Waals surface area contributed by atoms with Crippen LogP contribution in [0.2, 0.25) is 0 Å². The van der Waals surface area contributed by atoms with E-state index >= 15 is 0 Å². The molecule has 3 aromatic heterocycles. The number of rotatable bonds is 6. The largest absolute Gasteiger partial charge is 0.382 e. The van der Waals surface area contributed by atoms with Crippen molar-refractivity contribution < 1.29 is 4.79 Å². The van der Waals surface area contributed by atoms with Gasteiger partial charge in [0, 0.05) is 23.7 Å². The van der Waals surface area contributed by atoms with E-state index in [1.165, 1.54) is 6.33 Å². The minimum Gasteiger partial charge on any atom is -0.382 e. The second-order valence-corrected chi connectivity index (χ2v) is 8.92. The van der Waals surface area contributed by atoms with Crippen LogP contribution in [0.15, 0.2) is 61.7 Å². The molecular weight excluding hydrogens is 440 g/mol. The first kappa shape index (κ1) is 22.5. The Morgan fingerprint density at radius 3 is 2.66 bits per heavy atom. The third-order valence-corrected chi connectivity index (χ3v) is 6.59. The van der Waals surface area contributed by atoms with Gasteiger partial charge in [-0.1, -0.05) is 24.8 Å². The number of nitrogen functional groups attached to an aromatic ring is 1. The number of amides is 1. The molecule has 5 rings (SSSR count). The number of nitrogens with two attached hydrogens (primary N) is 1. The van der Waals surface area contributed by atoms with Crippen LogP contribution < -0.4 is 16.4 Å². The Morgan fingerprint density at radius 1 is 1.11 bits per heavy atom. The summed E-state index contributed by atoms with van der Waals surface area (Å²) in [7, 11) is 0. The summed E-state index contributed by atoms with van der Waals surface area (Å²) in [5.74, 6) is 1.32. The van der Waals surface area contributed by atoms with Crippen molar-refractivity contribution in [2.75, 3.05) is 16.4 Å². The monoisotopic (exact) mass is 468 g/mol. The molecule has 0 bridgehead atoms. The van der Waals surface area contributed by atoms with Crippen LogP contribution in [-0.2, 0) is 4.79 Å². The van der Waals surface area contributed by atoms with Crippen molar-refractivity contribution >= 4 is 34.3 Å². The van der Waals surface area contributed by atoms with E-state index < -0.39 is 0 Å². The van der Waals surface area contributed by atoms with Gasteiger partial charge < -0.3 is 16.4 Å². The number of aryl methyl sites for hydroxylation is 1. The quantitative estimate of drug-likeness (QED) is 0.383. The molecule has 178 valence electrons. The number of para-hydroxylation sites is 1. The number of nitrogens with one attached hydrogen (secondary N) is 2. The van der Waals surface area contributed by atoms with Crippen LogP contribution in [-0.4, -0.2) is 30.5 Å². The maximum absolute atomic E-state index is 12.7. The number of benzene rings is 1. The summed E-state index contributed by atoms with van der Waals surface area (Å²) in [4.78, 5) is 25.9. The number of hydrogen-bond donors (Lipinski definition) is 3. The second-order valence-electron chi connectivity index (χ2n) is 8.92. The molecule has 0 unspecified atom stereocenters. The molecule has 4 aromatic rings. The fraction of sp³-hybridized carbons (Fsp3) is 0.269. The van der Waals surface area contributed by atoms with Crippen LogP contribution in [0, 0.1) is 12.8 Å². The Kier molecular flexibility index (Phi) is 6.13. The summed E-state index contributed by atoms with van der Waals surface area (Å²) in [5.41, 5.74) is 10.9. The third-order valence-electron chi connectivity index (χ3n) is 6.59. The van der Waals surface area contributed by atoms with Crippen molar-refractivity contribution in [1.29, 1.82) is 0 Å². The summed E-state index contributed by atoms with van der Waals surface area (Å²) in [6.45, 7) is 6.26. The maximum atomic E-state index is 12.7. The number of hydrogen-bond acceptors (Lipinski definition) is 7. The number of carbonyl (C=O) groups excluding carboxylic acids is 1. The zero-order valence-electron chi connectivity index (χ0n) is 19.6. The minimum atomic E-state index is -0.0467. The van der Waals surface area contributed by atoms with Crippen LogP contribution in [0.4, 0.5) is 17.2 Å². The molecule has 1 amide bonds. The minimum absolute atomic E-state index is 0.0347. The van der Waals surface area contributed by atoms with Crippen LogP contribution in [0.25, 0.3) is 11.2 Å². The van der Waals surface area contributed by atoms with Gasteiger partial charge in [-0.05, 0) is 56.4 Å². The zero-order chi connectivity index (χ0) is 24.4. The Bertz CT molecular complexity index is 1370. The van der Waals surface area contributed by atoms with E-state index in [2.05, 4.69) is 32.3 Å². The average molecular weight is 469 g/mol. The molecule has 1 aliphatic carbocycles. The average Bonchev–Trinajstić information content (AvgIpc) is 3.27. The number of carbonyl (C=O) groups is 1. The predicted octanol–water partition coefficient (Wildman–Crippen LogP) is 4.41. The van der Waals surface area contributed by atoms with E-state index in [0.717, 1.165) is 48.4 Å². The predicted molar refractivity (Wildman–Crippen MR) is 137 cm³/mol. The molecule has 1 saturated carbocycles. The lowest BCUT2D eigenvalue weighted by molar-refractivity contribution is -0.120. The van der Waals surface area contributed by atoms with Crippen LogP contribution in [0.5, 0.6) is 0 Å². The van der Waals surface area contributed by atoms with Gasteiger partial charge >= 0.3 is 0 Å². The molecule has 0 spiro atoms. The second kappa shape index (κ2) is 9.54. The molecule has 0 radical (unpaired) electrons. The lowest BCUT2D eigenvalue weighted by Crippen LogP contribution is -2.27. The van der Waals surface area contributed by atoms with E-state index in [9.17, 15) is 4.79 Å². The highest BCUT2D eigenvalue weighted by molar-refractivity contribution is 5.92. The summed E-state index contributed by atoms with van der Waals surface area (Å²) >= 11 is 0. The highest BCUT2D eigenvalue weighted by atomic mass is 16.1. The van der Waals surface area contributed by atoms with E-state index in [1.807, 2.05) is 43.3 Å². The van der Waals surface area contributed by atoms with Crippen LogP contribution in [0.1, 0.15) is 48.7 Å². The fourth-order valence-electron chi connectivity index (χ4n) is 4.68. The van der Waals surface area contributed by atoms with Gasteiger partial charge in [0.25, 0.3) is 0 Å². The number of nitrogens with zero attached hydrogens (tertiary/aromatic N) is 5. The van der Waals surface area contributed by atoms with Gasteiger partial charge in [-0.25, -0.2) is 14.5 Å². The molecular formula is C26H28N8O. The highest BCUT2D eigenvalue weighted by Crippen LogP contribution is 2.37. The van der Waals surface area contributed by atoms with Crippen molar-refractivity contribution in [2.45, 2.75) is 38.5 Å². The number of fused-ring (bicyclic) bond motifs is 1. The molecule has 0 atom stereocenters. The normalized spacial score (nSPS) is 17.7. The number of anilines is 3. The number of imidazole rings is 1. The molecule has 1 fully saturated rings. The summed E-state index contributed by atoms with van der Waals surface area (Å²) in [5, 5.41) is 10.8. The topological polar surface area (TPSA) is 123 Å². The lowest BCUT2D eigenvalue weighted by Gasteiger charge is -2.26. The van der Waals surface area contributed by atoms with Crippen molar-refractivity contribution in [3.8, 4) is 0 Å². The lowest BCUT2D eigenvalue weighted by atomic mass is 9.81. The Balaban J connectivity index is 1.36. The fourth-order valence-corrected chi connectivity index (χ4v) is 4.68. The van der Waals surface area contributed by atoms with E-state index in [4.69, 9.17) is 10.7 Å². The van der Waals surface area contributed by atoms with Crippen molar-refractivity contribution in [1.82, 2.24) is 24.6 Å². The molecule has 4 N–H and O–H groups in total. The standard InChI is InChI=1S/C26H28N8O/c1-16-6-3-4-8-21(16)31-17(2)22-23-24(27)29-15-30-34(23)25(33-22)18-9-11-19(12-10-18)26(35)32-20-7-5-13-28-14-20/h3-8,13-15,18-19,31H,2,9-12H2,1H3,(H,32,35)(H2,27,29,30).